The Kier molecular flexibility index (Phi) is 5.96. The van der Waals surface area contributed by atoms with Gasteiger partial charge in [-0.05, 0) is 17.7 Å². The molecule has 5 nitrogen and oxygen atoms in total. The lowest BCUT2D eigenvalue weighted by molar-refractivity contribution is -0.137. The number of ether oxygens (including phenoxy) is 1. The van der Waals surface area contributed by atoms with Gasteiger partial charge in [0.25, 0.3) is 5.91 Å². The molecule has 2 aromatic rings. The van der Waals surface area contributed by atoms with Crippen molar-refractivity contribution in [1.29, 1.82) is 0 Å². The van der Waals surface area contributed by atoms with Crippen LogP contribution in [0.4, 0.5) is 4.39 Å². The predicted molar refractivity (Wildman–Crippen MR) is 95.2 cm³/mol. The molecule has 1 heterocycles. The lowest BCUT2D eigenvalue weighted by atomic mass is 10.0. The van der Waals surface area contributed by atoms with Gasteiger partial charge in [0, 0.05) is 19.5 Å². The molecule has 2 amide bonds. The minimum absolute atomic E-state index is 0.0691. The van der Waals surface area contributed by atoms with Crippen LogP contribution in [0.3, 0.4) is 0 Å². The largest absolute Gasteiger partial charge is 0.378 e. The minimum Gasteiger partial charge on any atom is -0.378 e. The molecule has 0 aromatic heterocycles. The van der Waals surface area contributed by atoms with Crippen LogP contribution in [-0.2, 0) is 16.0 Å². The van der Waals surface area contributed by atoms with Crippen LogP contribution in [0.1, 0.15) is 15.9 Å². The van der Waals surface area contributed by atoms with Crippen LogP contribution in [0.2, 0.25) is 0 Å². The fourth-order valence-electron chi connectivity index (χ4n) is 2.94. The minimum atomic E-state index is -0.761. The van der Waals surface area contributed by atoms with Gasteiger partial charge in [-0.15, -0.1) is 0 Å². The number of nitrogens with zero attached hydrogens (tertiary/aromatic N) is 1. The van der Waals surface area contributed by atoms with Gasteiger partial charge in [0.05, 0.1) is 18.8 Å². The smallest absolute Gasteiger partial charge is 0.254 e. The third-order valence-corrected chi connectivity index (χ3v) is 4.33. The molecule has 1 N–H and O–H groups in total. The molecule has 0 unspecified atom stereocenters. The van der Waals surface area contributed by atoms with Crippen LogP contribution in [0, 0.1) is 5.82 Å². The number of morpholine rings is 1. The van der Waals surface area contributed by atoms with E-state index in [0.29, 0.717) is 32.7 Å². The van der Waals surface area contributed by atoms with Crippen LogP contribution >= 0.6 is 0 Å². The van der Waals surface area contributed by atoms with Gasteiger partial charge in [-0.25, -0.2) is 4.39 Å². The number of hydrogen-bond donors (Lipinski definition) is 1. The van der Waals surface area contributed by atoms with Gasteiger partial charge in [-0.1, -0.05) is 42.5 Å². The Labute approximate surface area is 151 Å². The highest BCUT2D eigenvalue weighted by molar-refractivity contribution is 5.97. The van der Waals surface area contributed by atoms with Crippen molar-refractivity contribution in [1.82, 2.24) is 10.2 Å². The van der Waals surface area contributed by atoms with Gasteiger partial charge in [0.1, 0.15) is 11.9 Å². The van der Waals surface area contributed by atoms with E-state index in [-0.39, 0.29) is 11.5 Å². The monoisotopic (exact) mass is 356 g/mol. The molecule has 136 valence electrons. The van der Waals surface area contributed by atoms with E-state index >= 15 is 0 Å². The van der Waals surface area contributed by atoms with Crippen LogP contribution in [-0.4, -0.2) is 49.1 Å². The SMILES string of the molecule is O=C(N[C@@H](Cc1ccccc1)C(=O)N1CCOCC1)c1ccccc1F. The summed E-state index contributed by atoms with van der Waals surface area (Å²) in [6.45, 7) is 1.93. The number of nitrogens with one attached hydrogen (secondary N) is 1. The Morgan fingerprint density at radius 3 is 2.38 bits per heavy atom. The molecule has 0 aliphatic carbocycles. The first kappa shape index (κ1) is 18.1. The van der Waals surface area contributed by atoms with E-state index < -0.39 is 17.8 Å². The van der Waals surface area contributed by atoms with Crippen LogP contribution < -0.4 is 5.32 Å². The van der Waals surface area contributed by atoms with E-state index in [1.54, 1.807) is 11.0 Å². The van der Waals surface area contributed by atoms with Crippen molar-refractivity contribution < 1.29 is 18.7 Å². The number of amides is 2. The molecule has 0 bridgehead atoms. The summed E-state index contributed by atoms with van der Waals surface area (Å²) in [4.78, 5) is 27.1. The average molecular weight is 356 g/mol. The van der Waals surface area contributed by atoms with E-state index in [2.05, 4.69) is 5.32 Å². The number of halogens is 1. The lowest BCUT2D eigenvalue weighted by Crippen LogP contribution is -2.52. The zero-order valence-corrected chi connectivity index (χ0v) is 14.4. The molecule has 3 rings (SSSR count). The first-order chi connectivity index (χ1) is 12.6. The summed E-state index contributed by atoms with van der Waals surface area (Å²) in [7, 11) is 0. The fourth-order valence-corrected chi connectivity index (χ4v) is 2.94. The predicted octanol–water partition coefficient (Wildman–Crippen LogP) is 2.03. The Hall–Kier alpha value is -2.73. The second-order valence-electron chi connectivity index (χ2n) is 6.13. The van der Waals surface area contributed by atoms with Gasteiger partial charge >= 0.3 is 0 Å². The summed E-state index contributed by atoms with van der Waals surface area (Å²) >= 11 is 0. The molecule has 6 heteroatoms. The summed E-state index contributed by atoms with van der Waals surface area (Å²) in [5.74, 6) is -1.38. The van der Waals surface area contributed by atoms with E-state index in [4.69, 9.17) is 4.74 Å². The maximum absolute atomic E-state index is 13.9. The molecule has 1 aliphatic rings. The van der Waals surface area contributed by atoms with Crippen molar-refractivity contribution in [3.8, 4) is 0 Å². The summed E-state index contributed by atoms with van der Waals surface area (Å²) in [6.07, 6.45) is 0.344. The number of carbonyl (C=O) groups excluding carboxylic acids is 2. The van der Waals surface area contributed by atoms with Gasteiger partial charge in [0.15, 0.2) is 0 Å². The van der Waals surface area contributed by atoms with Gasteiger partial charge in [0.2, 0.25) is 5.91 Å². The summed E-state index contributed by atoms with van der Waals surface area (Å²) in [5, 5.41) is 2.71. The molecule has 0 spiro atoms. The highest BCUT2D eigenvalue weighted by Gasteiger charge is 2.28. The van der Waals surface area contributed by atoms with Crippen LogP contribution in [0.5, 0.6) is 0 Å². The van der Waals surface area contributed by atoms with Crippen molar-refractivity contribution in [2.24, 2.45) is 0 Å². The Morgan fingerprint density at radius 2 is 1.69 bits per heavy atom. The molecular weight excluding hydrogens is 335 g/mol. The van der Waals surface area contributed by atoms with Crippen molar-refractivity contribution in [2.45, 2.75) is 12.5 Å². The van der Waals surface area contributed by atoms with Crippen molar-refractivity contribution in [3.63, 3.8) is 0 Å². The van der Waals surface area contributed by atoms with E-state index in [9.17, 15) is 14.0 Å². The van der Waals surface area contributed by atoms with Crippen LogP contribution in [0.25, 0.3) is 0 Å². The van der Waals surface area contributed by atoms with E-state index in [0.717, 1.165) is 5.56 Å². The molecular formula is C20H21FN2O3. The number of carbonyl (C=O) groups is 2. The molecule has 1 atom stereocenters. The fraction of sp³-hybridized carbons (Fsp3) is 0.300. The third kappa shape index (κ3) is 4.46. The lowest BCUT2D eigenvalue weighted by Gasteiger charge is -2.31. The summed E-state index contributed by atoms with van der Waals surface area (Å²) in [6, 6.07) is 14.4. The van der Waals surface area contributed by atoms with Crippen molar-refractivity contribution in [3.05, 3.63) is 71.5 Å². The normalized spacial score (nSPS) is 15.3. The zero-order chi connectivity index (χ0) is 18.4. The molecule has 1 aliphatic heterocycles. The standard InChI is InChI=1S/C20H21FN2O3/c21-17-9-5-4-8-16(17)19(24)22-18(14-15-6-2-1-3-7-15)20(25)23-10-12-26-13-11-23/h1-9,18H,10-14H2,(H,22,24)/t18-/m0/s1. The molecule has 0 radical (unpaired) electrons. The maximum atomic E-state index is 13.9. The summed E-state index contributed by atoms with van der Waals surface area (Å²) in [5.41, 5.74) is 0.855. The van der Waals surface area contributed by atoms with Gasteiger partial charge in [-0.3, -0.25) is 9.59 Å². The Balaban J connectivity index is 1.78. The molecule has 2 aromatic carbocycles. The highest BCUT2D eigenvalue weighted by Crippen LogP contribution is 2.11. The quantitative estimate of drug-likeness (QED) is 0.892. The number of rotatable bonds is 5. The second kappa shape index (κ2) is 8.58. The highest BCUT2D eigenvalue weighted by atomic mass is 19.1. The molecule has 26 heavy (non-hydrogen) atoms. The van der Waals surface area contributed by atoms with Gasteiger partial charge in [-0.2, -0.15) is 0 Å². The average Bonchev–Trinajstić information content (AvgIpc) is 2.68. The molecule has 1 saturated heterocycles. The first-order valence-corrected chi connectivity index (χ1v) is 8.61. The van der Waals surface area contributed by atoms with E-state index in [1.165, 1.54) is 18.2 Å². The number of benzene rings is 2. The number of hydrogen-bond acceptors (Lipinski definition) is 3. The Morgan fingerprint density at radius 1 is 1.04 bits per heavy atom. The second-order valence-corrected chi connectivity index (χ2v) is 6.13. The summed E-state index contributed by atoms with van der Waals surface area (Å²) < 4.78 is 19.2. The molecule has 0 saturated carbocycles. The van der Waals surface area contributed by atoms with E-state index in [1.807, 2.05) is 30.3 Å². The van der Waals surface area contributed by atoms with Crippen molar-refractivity contribution >= 4 is 11.8 Å². The maximum Gasteiger partial charge on any atom is 0.254 e. The zero-order valence-electron chi connectivity index (χ0n) is 14.4. The Bertz CT molecular complexity index is 761. The van der Waals surface area contributed by atoms with Gasteiger partial charge < -0.3 is 15.0 Å². The van der Waals surface area contributed by atoms with Crippen molar-refractivity contribution in [2.75, 3.05) is 26.3 Å². The topological polar surface area (TPSA) is 58.6 Å². The third-order valence-electron chi connectivity index (χ3n) is 4.33. The molecule has 1 fully saturated rings. The van der Waals surface area contributed by atoms with Crippen LogP contribution in [0.15, 0.2) is 54.6 Å². The first-order valence-electron chi connectivity index (χ1n) is 8.61.